The zero-order chi connectivity index (χ0) is 18.1. The van der Waals surface area contributed by atoms with E-state index in [1.54, 1.807) is 0 Å². The number of rotatable bonds is 9. The third-order valence-electron chi connectivity index (χ3n) is 4.14. The van der Waals surface area contributed by atoms with E-state index in [9.17, 15) is 9.59 Å². The molecule has 1 unspecified atom stereocenters. The van der Waals surface area contributed by atoms with Crippen LogP contribution in [0.2, 0.25) is 0 Å². The standard InChI is InChI=1S/C19H28N2O2S2/c1-14(2)19(23)21-16-9-7-15(8-10-16)13-20-18(22)6-4-3-5-17-11-12-24-25-17/h7-10,14,17H,3-6,11-13H2,1-2H3,(H,20,22)(H,21,23). The second kappa shape index (κ2) is 10.8. The van der Waals surface area contributed by atoms with Gasteiger partial charge in [0.15, 0.2) is 0 Å². The van der Waals surface area contributed by atoms with Crippen LogP contribution in [-0.4, -0.2) is 22.8 Å². The summed E-state index contributed by atoms with van der Waals surface area (Å²) in [6, 6.07) is 7.62. The van der Waals surface area contributed by atoms with Crippen LogP contribution in [-0.2, 0) is 16.1 Å². The van der Waals surface area contributed by atoms with Crippen molar-refractivity contribution in [3.63, 3.8) is 0 Å². The van der Waals surface area contributed by atoms with Crippen molar-refractivity contribution in [2.45, 2.75) is 57.7 Å². The molecule has 1 aromatic rings. The molecule has 0 aliphatic carbocycles. The lowest BCUT2D eigenvalue weighted by atomic mass is 10.1. The summed E-state index contributed by atoms with van der Waals surface area (Å²) < 4.78 is 0. The van der Waals surface area contributed by atoms with Crippen molar-refractivity contribution in [3.05, 3.63) is 29.8 Å². The summed E-state index contributed by atoms with van der Waals surface area (Å²) >= 11 is 0. The minimum absolute atomic E-state index is 0.00986. The highest BCUT2D eigenvalue weighted by molar-refractivity contribution is 8.77. The van der Waals surface area contributed by atoms with Crippen molar-refractivity contribution < 1.29 is 9.59 Å². The van der Waals surface area contributed by atoms with Gasteiger partial charge in [0.2, 0.25) is 11.8 Å². The highest BCUT2D eigenvalue weighted by Crippen LogP contribution is 2.39. The number of unbranched alkanes of at least 4 members (excludes halogenated alkanes) is 1. The van der Waals surface area contributed by atoms with Crippen LogP contribution in [0.3, 0.4) is 0 Å². The minimum Gasteiger partial charge on any atom is -0.352 e. The summed E-state index contributed by atoms with van der Waals surface area (Å²) in [5.74, 6) is 1.36. The molecule has 2 amide bonds. The van der Waals surface area contributed by atoms with E-state index < -0.39 is 0 Å². The Balaban J connectivity index is 1.61. The van der Waals surface area contributed by atoms with E-state index in [1.807, 2.05) is 59.7 Å². The SMILES string of the molecule is CC(C)C(=O)Nc1ccc(CNC(=O)CCCCC2CCSS2)cc1. The van der Waals surface area contributed by atoms with Crippen LogP contribution in [0, 0.1) is 5.92 Å². The maximum atomic E-state index is 11.9. The van der Waals surface area contributed by atoms with Crippen molar-refractivity contribution in [2.75, 3.05) is 11.1 Å². The molecule has 1 aliphatic rings. The number of carbonyl (C=O) groups is 2. The molecular weight excluding hydrogens is 352 g/mol. The molecule has 0 saturated carbocycles. The molecule has 0 radical (unpaired) electrons. The van der Waals surface area contributed by atoms with E-state index in [0.717, 1.165) is 29.3 Å². The number of amides is 2. The van der Waals surface area contributed by atoms with Crippen LogP contribution in [0.1, 0.15) is 51.5 Å². The van der Waals surface area contributed by atoms with E-state index >= 15 is 0 Å². The monoisotopic (exact) mass is 380 g/mol. The topological polar surface area (TPSA) is 58.2 Å². The van der Waals surface area contributed by atoms with E-state index in [4.69, 9.17) is 0 Å². The first-order valence-corrected chi connectivity index (χ1v) is 11.4. The van der Waals surface area contributed by atoms with Crippen LogP contribution in [0.25, 0.3) is 0 Å². The quantitative estimate of drug-likeness (QED) is 0.485. The van der Waals surface area contributed by atoms with Crippen LogP contribution in [0.5, 0.6) is 0 Å². The van der Waals surface area contributed by atoms with Gasteiger partial charge in [-0.2, -0.15) is 0 Å². The molecule has 1 atom stereocenters. The fraction of sp³-hybridized carbons (Fsp3) is 0.579. The van der Waals surface area contributed by atoms with Gasteiger partial charge in [0.05, 0.1) is 0 Å². The molecule has 0 bridgehead atoms. The maximum Gasteiger partial charge on any atom is 0.226 e. The second-order valence-corrected chi connectivity index (χ2v) is 9.48. The number of carbonyl (C=O) groups excluding carboxylic acids is 2. The van der Waals surface area contributed by atoms with Crippen molar-refractivity contribution in [1.82, 2.24) is 5.32 Å². The van der Waals surface area contributed by atoms with Gasteiger partial charge in [-0.05, 0) is 37.0 Å². The molecule has 2 N–H and O–H groups in total. The lowest BCUT2D eigenvalue weighted by Crippen LogP contribution is -2.22. The molecule has 0 spiro atoms. The smallest absolute Gasteiger partial charge is 0.226 e. The van der Waals surface area contributed by atoms with Gasteiger partial charge in [0, 0.05) is 35.6 Å². The third kappa shape index (κ3) is 7.74. The Morgan fingerprint density at radius 1 is 1.20 bits per heavy atom. The van der Waals surface area contributed by atoms with Gasteiger partial charge in [0.1, 0.15) is 0 Å². The van der Waals surface area contributed by atoms with Gasteiger partial charge in [0.25, 0.3) is 0 Å². The Labute approximate surface area is 158 Å². The summed E-state index contributed by atoms with van der Waals surface area (Å²) in [5, 5.41) is 6.63. The third-order valence-corrected chi connectivity index (χ3v) is 7.15. The average molecular weight is 381 g/mol. The molecular formula is C19H28N2O2S2. The van der Waals surface area contributed by atoms with Gasteiger partial charge in [-0.3, -0.25) is 9.59 Å². The molecule has 1 heterocycles. The molecule has 1 aromatic carbocycles. The van der Waals surface area contributed by atoms with Gasteiger partial charge in [-0.25, -0.2) is 0 Å². The number of hydrogen-bond acceptors (Lipinski definition) is 4. The van der Waals surface area contributed by atoms with Gasteiger partial charge in [-0.1, -0.05) is 54.0 Å². The molecule has 138 valence electrons. The lowest BCUT2D eigenvalue weighted by Gasteiger charge is -2.09. The van der Waals surface area contributed by atoms with Gasteiger partial charge >= 0.3 is 0 Å². The zero-order valence-corrected chi connectivity index (χ0v) is 16.7. The van der Waals surface area contributed by atoms with Crippen molar-refractivity contribution in [3.8, 4) is 0 Å². The summed E-state index contributed by atoms with van der Waals surface area (Å²) in [7, 11) is 3.98. The number of benzene rings is 1. The van der Waals surface area contributed by atoms with E-state index in [0.29, 0.717) is 13.0 Å². The van der Waals surface area contributed by atoms with E-state index in [1.165, 1.54) is 18.6 Å². The molecule has 4 nitrogen and oxygen atoms in total. The van der Waals surface area contributed by atoms with Gasteiger partial charge in [-0.15, -0.1) is 0 Å². The molecule has 6 heteroatoms. The average Bonchev–Trinajstić information content (AvgIpc) is 3.11. The first-order valence-electron chi connectivity index (χ1n) is 8.99. The summed E-state index contributed by atoms with van der Waals surface area (Å²) in [4.78, 5) is 23.6. The molecule has 2 rings (SSSR count). The highest BCUT2D eigenvalue weighted by Gasteiger charge is 2.15. The number of anilines is 1. The van der Waals surface area contributed by atoms with Crippen LogP contribution in [0.4, 0.5) is 5.69 Å². The maximum absolute atomic E-state index is 11.9. The Morgan fingerprint density at radius 3 is 2.60 bits per heavy atom. The lowest BCUT2D eigenvalue weighted by molar-refractivity contribution is -0.121. The zero-order valence-electron chi connectivity index (χ0n) is 15.0. The van der Waals surface area contributed by atoms with Crippen LogP contribution < -0.4 is 10.6 Å². The van der Waals surface area contributed by atoms with Crippen molar-refractivity contribution in [1.29, 1.82) is 0 Å². The molecule has 0 aromatic heterocycles. The van der Waals surface area contributed by atoms with E-state index in [2.05, 4.69) is 10.6 Å². The Morgan fingerprint density at radius 2 is 1.96 bits per heavy atom. The normalized spacial score (nSPS) is 16.8. The second-order valence-electron chi connectivity index (χ2n) is 6.69. The number of nitrogens with one attached hydrogen (secondary N) is 2. The van der Waals surface area contributed by atoms with Crippen LogP contribution in [0.15, 0.2) is 24.3 Å². The number of hydrogen-bond donors (Lipinski definition) is 2. The Hall–Kier alpha value is -1.14. The fourth-order valence-corrected chi connectivity index (χ4v) is 5.53. The Kier molecular flexibility index (Phi) is 8.68. The van der Waals surface area contributed by atoms with E-state index in [-0.39, 0.29) is 17.7 Å². The fourth-order valence-electron chi connectivity index (χ4n) is 2.50. The first-order chi connectivity index (χ1) is 12.0. The molecule has 1 aliphatic heterocycles. The predicted octanol–water partition coefficient (Wildman–Crippen LogP) is 4.61. The van der Waals surface area contributed by atoms with Crippen molar-refractivity contribution in [2.24, 2.45) is 5.92 Å². The summed E-state index contributed by atoms with van der Waals surface area (Å²) in [6.07, 6.45) is 5.25. The summed E-state index contributed by atoms with van der Waals surface area (Å²) in [6.45, 7) is 4.27. The molecule has 1 saturated heterocycles. The van der Waals surface area contributed by atoms with Gasteiger partial charge < -0.3 is 10.6 Å². The molecule has 25 heavy (non-hydrogen) atoms. The first kappa shape index (κ1) is 20.2. The largest absolute Gasteiger partial charge is 0.352 e. The molecule has 1 fully saturated rings. The summed E-state index contributed by atoms with van der Waals surface area (Å²) in [5.41, 5.74) is 1.83. The Bertz CT molecular complexity index is 555. The minimum atomic E-state index is -0.0371. The van der Waals surface area contributed by atoms with Crippen molar-refractivity contribution >= 4 is 39.1 Å². The highest BCUT2D eigenvalue weighted by atomic mass is 33.1. The predicted molar refractivity (Wildman–Crippen MR) is 109 cm³/mol. The van der Waals surface area contributed by atoms with Crippen LogP contribution >= 0.6 is 21.6 Å².